The second kappa shape index (κ2) is 11.7. The number of carbonyl (C=O) groups is 3. The van der Waals surface area contributed by atoms with E-state index in [4.69, 9.17) is 4.74 Å². The smallest absolute Gasteiger partial charge is 0.385 e. The number of hydrogen-bond donors (Lipinski definition) is 1. The number of rotatable bonds is 8. The number of urea groups is 1. The average molecular weight is 541 g/mol. The van der Waals surface area contributed by atoms with Crippen LogP contribution in [0.5, 0.6) is 0 Å². The van der Waals surface area contributed by atoms with Gasteiger partial charge in [-0.2, -0.15) is 18.4 Å². The van der Waals surface area contributed by atoms with E-state index in [1.54, 1.807) is 24.3 Å². The minimum absolute atomic E-state index is 0.0409. The van der Waals surface area contributed by atoms with Crippen LogP contribution in [0.2, 0.25) is 0 Å². The van der Waals surface area contributed by atoms with Gasteiger partial charge in [0.1, 0.15) is 6.54 Å². The molecule has 0 fully saturated rings. The highest BCUT2D eigenvalue weighted by Gasteiger charge is 2.45. The van der Waals surface area contributed by atoms with E-state index in [0.717, 1.165) is 17.0 Å². The van der Waals surface area contributed by atoms with Crippen molar-refractivity contribution in [1.29, 1.82) is 5.26 Å². The number of nitrogens with one attached hydrogen (secondary N) is 1. The topological polar surface area (TPSA) is 103 Å². The van der Waals surface area contributed by atoms with E-state index >= 15 is 0 Å². The van der Waals surface area contributed by atoms with Crippen LogP contribution in [0.15, 0.2) is 59.8 Å². The molecular weight excluding hydrogens is 513 g/mol. The standard InChI is InChI=1S/C28H27F3N4O4/c1-39-14-4-13-33-24(37)17-34-26(19-11-9-18(16-32)10-12-19)25-22(7-3-8-23(25)36)35(27(34)38)21-6-2-5-20(15-21)28(29,30)31/h2,5-6,9-12,15,26H,3-4,7-8,13-14,17H2,1H3,(H,33,37). The van der Waals surface area contributed by atoms with Gasteiger partial charge in [0, 0.05) is 38.0 Å². The van der Waals surface area contributed by atoms with Crippen molar-refractivity contribution in [3.8, 4) is 6.07 Å². The molecule has 1 heterocycles. The zero-order valence-corrected chi connectivity index (χ0v) is 21.3. The third-order valence-corrected chi connectivity index (χ3v) is 6.67. The first-order chi connectivity index (χ1) is 18.7. The number of allylic oxidation sites excluding steroid dienone is 1. The number of ketones is 1. The van der Waals surface area contributed by atoms with E-state index in [1.807, 2.05) is 6.07 Å². The molecule has 0 radical (unpaired) electrons. The molecule has 1 atom stereocenters. The van der Waals surface area contributed by atoms with Crippen LogP contribution >= 0.6 is 0 Å². The Hall–Kier alpha value is -4.17. The number of ether oxygens (including phenoxy) is 1. The number of alkyl halides is 3. The fraction of sp³-hybridized carbons (Fsp3) is 0.357. The van der Waals surface area contributed by atoms with Crippen molar-refractivity contribution < 1.29 is 32.3 Å². The Bertz CT molecular complexity index is 1330. The number of methoxy groups -OCH3 is 1. The molecule has 2 aromatic rings. The summed E-state index contributed by atoms with van der Waals surface area (Å²) in [5.41, 5.74) is 0.491. The van der Waals surface area contributed by atoms with Crippen LogP contribution in [0.25, 0.3) is 0 Å². The van der Waals surface area contributed by atoms with E-state index < -0.39 is 36.3 Å². The Morgan fingerprint density at radius 2 is 1.90 bits per heavy atom. The number of carbonyl (C=O) groups excluding carboxylic acids is 3. The molecule has 11 heteroatoms. The van der Waals surface area contributed by atoms with Gasteiger partial charge in [0.25, 0.3) is 0 Å². The minimum Gasteiger partial charge on any atom is -0.385 e. The normalized spacial score (nSPS) is 17.7. The van der Waals surface area contributed by atoms with Crippen molar-refractivity contribution in [3.63, 3.8) is 0 Å². The summed E-state index contributed by atoms with van der Waals surface area (Å²) in [7, 11) is 1.53. The monoisotopic (exact) mass is 540 g/mol. The molecule has 0 spiro atoms. The van der Waals surface area contributed by atoms with Gasteiger partial charge in [0.2, 0.25) is 5.91 Å². The van der Waals surface area contributed by atoms with Crippen molar-refractivity contribution >= 4 is 23.4 Å². The maximum atomic E-state index is 14.0. The molecule has 8 nitrogen and oxygen atoms in total. The Balaban J connectivity index is 1.83. The quantitative estimate of drug-likeness (QED) is 0.488. The van der Waals surface area contributed by atoms with E-state index in [9.17, 15) is 32.8 Å². The number of anilines is 1. The summed E-state index contributed by atoms with van der Waals surface area (Å²) in [6.07, 6.45) is -3.17. The van der Waals surface area contributed by atoms with Gasteiger partial charge in [0.05, 0.1) is 28.9 Å². The Kier molecular flexibility index (Phi) is 8.35. The second-order valence-electron chi connectivity index (χ2n) is 9.26. The summed E-state index contributed by atoms with van der Waals surface area (Å²) in [6.45, 7) is 0.279. The van der Waals surface area contributed by atoms with Crippen LogP contribution in [-0.4, -0.2) is 49.4 Å². The largest absolute Gasteiger partial charge is 0.416 e. The summed E-state index contributed by atoms with van der Waals surface area (Å²) in [5.74, 6) is -0.741. The van der Waals surface area contributed by atoms with Crippen molar-refractivity contribution in [2.24, 2.45) is 0 Å². The van der Waals surface area contributed by atoms with Crippen LogP contribution in [0, 0.1) is 11.3 Å². The lowest BCUT2D eigenvalue weighted by Crippen LogP contribution is -2.54. The fourth-order valence-electron chi connectivity index (χ4n) is 4.89. The molecule has 2 aliphatic rings. The molecule has 0 bridgehead atoms. The third-order valence-electron chi connectivity index (χ3n) is 6.67. The fourth-order valence-corrected chi connectivity index (χ4v) is 4.89. The number of nitriles is 1. The first-order valence-corrected chi connectivity index (χ1v) is 12.5. The molecule has 1 aliphatic carbocycles. The summed E-state index contributed by atoms with van der Waals surface area (Å²) in [5, 5.41) is 11.9. The predicted octanol–water partition coefficient (Wildman–Crippen LogP) is 4.72. The molecule has 0 saturated heterocycles. The van der Waals surface area contributed by atoms with Crippen LogP contribution in [-0.2, 0) is 20.5 Å². The van der Waals surface area contributed by atoms with Crippen LogP contribution in [0.4, 0.5) is 23.7 Å². The van der Waals surface area contributed by atoms with Crippen molar-refractivity contribution in [2.75, 3.05) is 31.7 Å². The zero-order valence-electron chi connectivity index (χ0n) is 21.3. The average Bonchev–Trinajstić information content (AvgIpc) is 2.92. The van der Waals surface area contributed by atoms with E-state index in [0.29, 0.717) is 49.2 Å². The Morgan fingerprint density at radius 1 is 1.15 bits per heavy atom. The second-order valence-corrected chi connectivity index (χ2v) is 9.26. The van der Waals surface area contributed by atoms with E-state index in [-0.39, 0.29) is 23.5 Å². The summed E-state index contributed by atoms with van der Waals surface area (Å²) in [4.78, 5) is 42.6. The molecule has 3 amide bonds. The SMILES string of the molecule is COCCCNC(=O)CN1C(=O)N(c2cccc(C(F)(F)F)c2)C2=C(C(=O)CCC2)C1c1ccc(C#N)cc1. The van der Waals surface area contributed by atoms with Gasteiger partial charge in [-0.15, -0.1) is 0 Å². The predicted molar refractivity (Wildman–Crippen MR) is 135 cm³/mol. The van der Waals surface area contributed by atoms with Crippen molar-refractivity contribution in [3.05, 3.63) is 76.5 Å². The molecule has 2 aromatic carbocycles. The number of benzene rings is 2. The first kappa shape index (κ1) is 27.9. The number of amides is 3. The van der Waals surface area contributed by atoms with Crippen LogP contribution in [0.3, 0.4) is 0 Å². The van der Waals surface area contributed by atoms with Gasteiger partial charge in [-0.3, -0.25) is 14.5 Å². The molecule has 0 aromatic heterocycles. The Morgan fingerprint density at radius 3 is 2.56 bits per heavy atom. The molecule has 1 N–H and O–H groups in total. The maximum absolute atomic E-state index is 14.0. The number of hydrogen-bond acceptors (Lipinski definition) is 5. The number of nitrogens with zero attached hydrogens (tertiary/aromatic N) is 3. The van der Waals surface area contributed by atoms with E-state index in [2.05, 4.69) is 5.32 Å². The van der Waals surface area contributed by atoms with Crippen molar-refractivity contribution in [1.82, 2.24) is 10.2 Å². The lowest BCUT2D eigenvalue weighted by molar-refractivity contribution is -0.137. The highest BCUT2D eigenvalue weighted by Crippen LogP contribution is 2.44. The number of halogens is 3. The molecule has 39 heavy (non-hydrogen) atoms. The lowest BCUT2D eigenvalue weighted by atomic mass is 9.83. The summed E-state index contributed by atoms with van der Waals surface area (Å²) in [6, 6.07) is 11.0. The first-order valence-electron chi connectivity index (χ1n) is 12.5. The molecular formula is C28H27F3N4O4. The van der Waals surface area contributed by atoms with Gasteiger partial charge in [-0.1, -0.05) is 18.2 Å². The molecule has 0 saturated carbocycles. The third kappa shape index (κ3) is 5.96. The highest BCUT2D eigenvalue weighted by atomic mass is 19.4. The molecule has 204 valence electrons. The van der Waals surface area contributed by atoms with Gasteiger partial charge < -0.3 is 15.0 Å². The summed E-state index contributed by atoms with van der Waals surface area (Å²) < 4.78 is 45.6. The van der Waals surface area contributed by atoms with Gasteiger partial charge in [0.15, 0.2) is 5.78 Å². The van der Waals surface area contributed by atoms with E-state index in [1.165, 1.54) is 24.1 Å². The molecule has 1 unspecified atom stereocenters. The van der Waals surface area contributed by atoms with Crippen LogP contribution < -0.4 is 10.2 Å². The Labute approximate surface area is 223 Å². The van der Waals surface area contributed by atoms with Crippen LogP contribution in [0.1, 0.15) is 48.4 Å². The van der Waals surface area contributed by atoms with Gasteiger partial charge >= 0.3 is 12.2 Å². The molecule has 1 aliphatic heterocycles. The van der Waals surface area contributed by atoms with Gasteiger partial charge in [-0.25, -0.2) is 4.79 Å². The van der Waals surface area contributed by atoms with Crippen molar-refractivity contribution in [2.45, 2.75) is 37.9 Å². The number of Topliss-reactive ketones (excluding diaryl/α,β-unsaturated/α-hetero) is 1. The minimum atomic E-state index is -4.64. The summed E-state index contributed by atoms with van der Waals surface area (Å²) >= 11 is 0. The van der Waals surface area contributed by atoms with Gasteiger partial charge in [-0.05, 0) is 55.2 Å². The maximum Gasteiger partial charge on any atom is 0.416 e. The highest BCUT2D eigenvalue weighted by molar-refractivity contribution is 6.07. The zero-order chi connectivity index (χ0) is 28.2. The lowest BCUT2D eigenvalue weighted by Gasteiger charge is -2.45. The molecule has 4 rings (SSSR count).